The van der Waals surface area contributed by atoms with E-state index in [-0.39, 0.29) is 5.54 Å². The third-order valence-corrected chi connectivity index (χ3v) is 3.77. The minimum atomic E-state index is 0.0332. The number of para-hydroxylation sites is 1. The van der Waals surface area contributed by atoms with Gasteiger partial charge in [0.15, 0.2) is 0 Å². The molecule has 1 aromatic heterocycles. The van der Waals surface area contributed by atoms with Gasteiger partial charge in [0.1, 0.15) is 0 Å². The van der Waals surface area contributed by atoms with Crippen LogP contribution < -0.4 is 5.73 Å². The van der Waals surface area contributed by atoms with Crippen molar-refractivity contribution >= 4 is 17.0 Å². The minimum Gasteiger partial charge on any atom is -0.369 e. The highest BCUT2D eigenvalue weighted by molar-refractivity contribution is 5.81. The fraction of sp³-hybridized carbons (Fsp3) is 0.500. The molecule has 0 spiro atoms. The highest BCUT2D eigenvalue weighted by Crippen LogP contribution is 2.24. The Morgan fingerprint density at radius 1 is 1.33 bits per heavy atom. The summed E-state index contributed by atoms with van der Waals surface area (Å²) >= 11 is 0. The maximum atomic E-state index is 6.06. The minimum absolute atomic E-state index is 0.0332. The van der Waals surface area contributed by atoms with E-state index in [1.165, 1.54) is 5.56 Å². The number of imidazole rings is 1. The van der Waals surface area contributed by atoms with Crippen LogP contribution in [0.15, 0.2) is 18.2 Å². The maximum Gasteiger partial charge on any atom is 0.201 e. The van der Waals surface area contributed by atoms with Crippen molar-refractivity contribution in [3.8, 4) is 0 Å². The van der Waals surface area contributed by atoms with E-state index in [9.17, 15) is 0 Å². The first-order chi connectivity index (χ1) is 8.33. The molecule has 0 radical (unpaired) electrons. The molecular formula is C14H22N4. The summed E-state index contributed by atoms with van der Waals surface area (Å²) in [7, 11) is 4.17. The molecule has 0 aliphatic heterocycles. The molecule has 2 N–H and O–H groups in total. The Morgan fingerprint density at radius 3 is 2.61 bits per heavy atom. The highest BCUT2D eigenvalue weighted by atomic mass is 15.2. The van der Waals surface area contributed by atoms with Gasteiger partial charge in [-0.2, -0.15) is 0 Å². The molecule has 0 amide bonds. The smallest absolute Gasteiger partial charge is 0.201 e. The summed E-state index contributed by atoms with van der Waals surface area (Å²) in [5.74, 6) is 0.592. The lowest BCUT2D eigenvalue weighted by Crippen LogP contribution is -2.42. The van der Waals surface area contributed by atoms with E-state index in [0.717, 1.165) is 17.6 Å². The zero-order valence-electron chi connectivity index (χ0n) is 11.9. The molecule has 0 aliphatic rings. The Kier molecular flexibility index (Phi) is 3.07. The van der Waals surface area contributed by atoms with Crippen LogP contribution in [0.2, 0.25) is 0 Å². The number of fused-ring (bicyclic) bond motifs is 1. The van der Waals surface area contributed by atoms with Gasteiger partial charge in [0, 0.05) is 12.1 Å². The van der Waals surface area contributed by atoms with Crippen molar-refractivity contribution in [1.82, 2.24) is 14.5 Å². The fourth-order valence-corrected chi connectivity index (χ4v) is 2.00. The molecule has 0 atom stereocenters. The monoisotopic (exact) mass is 246 g/mol. The second-order valence-corrected chi connectivity index (χ2v) is 5.71. The molecule has 0 aliphatic carbocycles. The second-order valence-electron chi connectivity index (χ2n) is 5.71. The molecule has 0 unspecified atom stereocenters. The van der Waals surface area contributed by atoms with Crippen molar-refractivity contribution in [3.63, 3.8) is 0 Å². The van der Waals surface area contributed by atoms with Gasteiger partial charge in [-0.25, -0.2) is 4.98 Å². The van der Waals surface area contributed by atoms with Gasteiger partial charge < -0.3 is 15.2 Å². The summed E-state index contributed by atoms with van der Waals surface area (Å²) in [5.41, 5.74) is 9.38. The summed E-state index contributed by atoms with van der Waals surface area (Å²) < 4.78 is 2.10. The number of aromatic nitrogens is 2. The number of nitrogens with zero attached hydrogens (tertiary/aromatic N) is 3. The molecule has 98 valence electrons. The third-order valence-electron chi connectivity index (χ3n) is 3.77. The number of hydrogen-bond acceptors (Lipinski definition) is 3. The lowest BCUT2D eigenvalue weighted by Gasteiger charge is -2.33. The highest BCUT2D eigenvalue weighted by Gasteiger charge is 2.23. The van der Waals surface area contributed by atoms with E-state index in [0.29, 0.717) is 5.95 Å². The summed E-state index contributed by atoms with van der Waals surface area (Å²) in [5, 5.41) is 0. The zero-order valence-corrected chi connectivity index (χ0v) is 11.9. The predicted molar refractivity (Wildman–Crippen MR) is 76.6 cm³/mol. The van der Waals surface area contributed by atoms with Gasteiger partial charge in [0.2, 0.25) is 5.95 Å². The van der Waals surface area contributed by atoms with E-state index in [1.54, 1.807) is 0 Å². The summed E-state index contributed by atoms with van der Waals surface area (Å²) in [6.45, 7) is 7.30. The Balaban J connectivity index is 2.52. The molecule has 0 saturated heterocycles. The number of aryl methyl sites for hydroxylation is 1. The van der Waals surface area contributed by atoms with Crippen molar-refractivity contribution in [2.45, 2.75) is 32.9 Å². The van der Waals surface area contributed by atoms with Gasteiger partial charge in [-0.15, -0.1) is 0 Å². The first-order valence-electron chi connectivity index (χ1n) is 6.21. The first kappa shape index (κ1) is 12.9. The molecule has 4 nitrogen and oxygen atoms in total. The molecule has 0 bridgehead atoms. The number of rotatable bonds is 3. The lowest BCUT2D eigenvalue weighted by atomic mass is 10.0. The van der Waals surface area contributed by atoms with Crippen LogP contribution in [0, 0.1) is 6.92 Å². The lowest BCUT2D eigenvalue weighted by molar-refractivity contribution is 0.172. The van der Waals surface area contributed by atoms with E-state index >= 15 is 0 Å². The van der Waals surface area contributed by atoms with Gasteiger partial charge in [-0.05, 0) is 46.5 Å². The van der Waals surface area contributed by atoms with Crippen LogP contribution in [0.5, 0.6) is 0 Å². The Labute approximate surface area is 108 Å². The van der Waals surface area contributed by atoms with E-state index in [2.05, 4.69) is 67.5 Å². The SMILES string of the molecule is Cc1cccc2c1nc(N)n2CC(C)(C)N(C)C. The van der Waals surface area contributed by atoms with E-state index in [4.69, 9.17) is 5.73 Å². The molecule has 0 saturated carbocycles. The third kappa shape index (κ3) is 2.08. The van der Waals surface area contributed by atoms with Crippen molar-refractivity contribution < 1.29 is 0 Å². The van der Waals surface area contributed by atoms with Crippen LogP contribution in [0.3, 0.4) is 0 Å². The van der Waals surface area contributed by atoms with Crippen molar-refractivity contribution in [1.29, 1.82) is 0 Å². The van der Waals surface area contributed by atoms with Crippen LogP contribution in [0.4, 0.5) is 5.95 Å². The Morgan fingerprint density at radius 2 is 2.00 bits per heavy atom. The van der Waals surface area contributed by atoms with Gasteiger partial charge in [-0.3, -0.25) is 0 Å². The average Bonchev–Trinajstić information content (AvgIpc) is 2.57. The molecular weight excluding hydrogens is 224 g/mol. The number of nitrogen functional groups attached to an aromatic ring is 1. The number of anilines is 1. The first-order valence-corrected chi connectivity index (χ1v) is 6.21. The van der Waals surface area contributed by atoms with Crippen LogP contribution in [0.25, 0.3) is 11.0 Å². The predicted octanol–water partition coefficient (Wildman–Crippen LogP) is 2.27. The molecule has 4 heteroatoms. The van der Waals surface area contributed by atoms with Crippen LogP contribution in [0.1, 0.15) is 19.4 Å². The maximum absolute atomic E-state index is 6.06. The normalized spacial score (nSPS) is 12.6. The number of benzene rings is 1. The van der Waals surface area contributed by atoms with Crippen LogP contribution in [-0.2, 0) is 6.54 Å². The molecule has 1 heterocycles. The van der Waals surface area contributed by atoms with Gasteiger partial charge in [-0.1, -0.05) is 12.1 Å². The van der Waals surface area contributed by atoms with Crippen LogP contribution in [-0.4, -0.2) is 34.1 Å². The van der Waals surface area contributed by atoms with Gasteiger partial charge in [0.05, 0.1) is 11.0 Å². The molecule has 18 heavy (non-hydrogen) atoms. The fourth-order valence-electron chi connectivity index (χ4n) is 2.00. The zero-order chi connectivity index (χ0) is 13.5. The standard InChI is InChI=1S/C14H22N4/c1-10-7-6-8-11-12(10)16-13(15)18(11)9-14(2,3)17(4)5/h6-8H,9H2,1-5H3,(H2,15,16). The molecule has 1 aromatic carbocycles. The summed E-state index contributed by atoms with van der Waals surface area (Å²) in [6.07, 6.45) is 0. The number of hydrogen-bond donors (Lipinski definition) is 1. The van der Waals surface area contributed by atoms with Crippen LogP contribution >= 0.6 is 0 Å². The molecule has 0 fully saturated rings. The number of nitrogens with two attached hydrogens (primary N) is 1. The van der Waals surface area contributed by atoms with Crippen molar-refractivity contribution in [3.05, 3.63) is 23.8 Å². The molecule has 2 aromatic rings. The van der Waals surface area contributed by atoms with E-state index in [1.807, 2.05) is 0 Å². The largest absolute Gasteiger partial charge is 0.369 e. The summed E-state index contributed by atoms with van der Waals surface area (Å²) in [4.78, 5) is 6.68. The topological polar surface area (TPSA) is 47.1 Å². The van der Waals surface area contributed by atoms with Crippen molar-refractivity contribution in [2.24, 2.45) is 0 Å². The van der Waals surface area contributed by atoms with Gasteiger partial charge >= 0.3 is 0 Å². The molecule has 2 rings (SSSR count). The van der Waals surface area contributed by atoms with E-state index < -0.39 is 0 Å². The number of likely N-dealkylation sites (N-methyl/N-ethyl adjacent to an activating group) is 1. The second kappa shape index (κ2) is 4.28. The average molecular weight is 246 g/mol. The summed E-state index contributed by atoms with van der Waals surface area (Å²) in [6, 6.07) is 6.20. The quantitative estimate of drug-likeness (QED) is 0.903. The Bertz CT molecular complexity index is 566. The Hall–Kier alpha value is -1.55. The van der Waals surface area contributed by atoms with Gasteiger partial charge in [0.25, 0.3) is 0 Å². The van der Waals surface area contributed by atoms with Crippen molar-refractivity contribution in [2.75, 3.05) is 19.8 Å².